The number of unbranched alkanes of at least 4 members (excludes halogenated alkanes) is 2. The second-order valence-electron chi connectivity index (χ2n) is 8.81. The van der Waals surface area contributed by atoms with E-state index in [4.69, 9.17) is 29.4 Å². The van der Waals surface area contributed by atoms with Crippen molar-refractivity contribution in [2.75, 3.05) is 20.3 Å². The number of nitrogens with zero attached hydrogens (tertiary/aromatic N) is 1. The molecule has 3 aromatic rings. The van der Waals surface area contributed by atoms with Gasteiger partial charge in [-0.1, -0.05) is 31.9 Å². The van der Waals surface area contributed by atoms with Crippen molar-refractivity contribution in [3.8, 4) is 34.8 Å². The number of halogens is 1. The summed E-state index contributed by atoms with van der Waals surface area (Å²) in [5.41, 5.74) is 7.80. The van der Waals surface area contributed by atoms with Gasteiger partial charge in [0.1, 0.15) is 34.7 Å². The van der Waals surface area contributed by atoms with E-state index in [1.807, 2.05) is 18.2 Å². The molecule has 3 aromatic carbocycles. The van der Waals surface area contributed by atoms with Crippen LogP contribution in [0.15, 0.2) is 72.1 Å². The standard InChI is InChI=1S/C30H29FN2O6/c1-3-4-5-14-36-25-13-6-19(15-27(25)35-2)29-23-12-11-22(16-26(23)39-30(33)24(29)17-32)38-28(34)18-37-21-9-7-20(31)8-10-21/h6-13,15-16,29H,3-5,14,18,33H2,1-2H3. The fourth-order valence-electron chi connectivity index (χ4n) is 4.19. The maximum Gasteiger partial charge on any atom is 0.349 e. The van der Waals surface area contributed by atoms with Crippen LogP contribution in [0.3, 0.4) is 0 Å². The van der Waals surface area contributed by atoms with Gasteiger partial charge in [-0.2, -0.15) is 5.26 Å². The fourth-order valence-corrected chi connectivity index (χ4v) is 4.19. The molecule has 1 aliphatic heterocycles. The maximum absolute atomic E-state index is 13.0. The van der Waals surface area contributed by atoms with E-state index in [9.17, 15) is 14.4 Å². The van der Waals surface area contributed by atoms with Gasteiger partial charge in [-0.25, -0.2) is 9.18 Å². The quantitative estimate of drug-likeness (QED) is 0.193. The Bertz CT molecular complexity index is 1400. The van der Waals surface area contributed by atoms with Crippen molar-refractivity contribution in [1.29, 1.82) is 5.26 Å². The lowest BCUT2D eigenvalue weighted by Gasteiger charge is -2.27. The summed E-state index contributed by atoms with van der Waals surface area (Å²) in [6.45, 7) is 2.33. The minimum Gasteiger partial charge on any atom is -0.493 e. The number of nitrogens with two attached hydrogens (primary N) is 1. The largest absolute Gasteiger partial charge is 0.493 e. The summed E-state index contributed by atoms with van der Waals surface area (Å²) >= 11 is 0. The third-order valence-corrected chi connectivity index (χ3v) is 6.12. The van der Waals surface area contributed by atoms with Gasteiger partial charge in [-0.05, 0) is 54.4 Å². The van der Waals surface area contributed by atoms with E-state index in [2.05, 4.69) is 13.0 Å². The van der Waals surface area contributed by atoms with Gasteiger partial charge in [-0.3, -0.25) is 0 Å². The highest BCUT2D eigenvalue weighted by atomic mass is 19.1. The Kier molecular flexibility index (Phi) is 8.90. The van der Waals surface area contributed by atoms with Crippen LogP contribution in [0.5, 0.6) is 28.7 Å². The van der Waals surface area contributed by atoms with Crippen LogP contribution in [0, 0.1) is 17.1 Å². The molecule has 1 heterocycles. The molecule has 4 rings (SSSR count). The van der Waals surface area contributed by atoms with Gasteiger partial charge in [0.25, 0.3) is 0 Å². The second kappa shape index (κ2) is 12.7. The van der Waals surface area contributed by atoms with Crippen molar-refractivity contribution in [2.45, 2.75) is 32.1 Å². The Morgan fingerprint density at radius 3 is 2.51 bits per heavy atom. The molecular formula is C30H29FN2O6. The van der Waals surface area contributed by atoms with Crippen molar-refractivity contribution in [2.24, 2.45) is 5.73 Å². The third kappa shape index (κ3) is 6.60. The molecule has 1 unspecified atom stereocenters. The summed E-state index contributed by atoms with van der Waals surface area (Å²) in [6.07, 6.45) is 3.11. The Morgan fingerprint density at radius 2 is 1.79 bits per heavy atom. The van der Waals surface area contributed by atoms with Gasteiger partial charge in [0.15, 0.2) is 18.1 Å². The molecule has 0 saturated carbocycles. The summed E-state index contributed by atoms with van der Waals surface area (Å²) in [5, 5.41) is 9.88. The summed E-state index contributed by atoms with van der Waals surface area (Å²) in [7, 11) is 1.56. The first-order valence-electron chi connectivity index (χ1n) is 12.5. The first-order valence-corrected chi connectivity index (χ1v) is 12.5. The molecule has 0 spiro atoms. The molecular weight excluding hydrogens is 503 g/mol. The normalized spacial score (nSPS) is 14.1. The van der Waals surface area contributed by atoms with Crippen LogP contribution in [-0.2, 0) is 4.79 Å². The molecule has 1 aliphatic rings. The zero-order valence-electron chi connectivity index (χ0n) is 21.7. The van der Waals surface area contributed by atoms with Crippen molar-refractivity contribution < 1.29 is 32.9 Å². The highest BCUT2D eigenvalue weighted by Crippen LogP contribution is 2.45. The Labute approximate surface area is 226 Å². The van der Waals surface area contributed by atoms with Crippen LogP contribution in [-0.4, -0.2) is 26.3 Å². The van der Waals surface area contributed by atoms with Crippen LogP contribution in [0.1, 0.15) is 43.2 Å². The summed E-state index contributed by atoms with van der Waals surface area (Å²) < 4.78 is 41.0. The smallest absolute Gasteiger partial charge is 0.349 e. The Balaban J connectivity index is 1.54. The van der Waals surface area contributed by atoms with Crippen LogP contribution < -0.4 is 29.4 Å². The van der Waals surface area contributed by atoms with Gasteiger partial charge < -0.3 is 29.4 Å². The lowest BCUT2D eigenvalue weighted by atomic mass is 9.83. The number of fused-ring (bicyclic) bond motifs is 1. The highest BCUT2D eigenvalue weighted by molar-refractivity contribution is 5.74. The molecule has 0 saturated heterocycles. The number of esters is 1. The minimum absolute atomic E-state index is 0.0445. The third-order valence-electron chi connectivity index (χ3n) is 6.12. The number of carbonyl (C=O) groups excluding carboxylic acids is 1. The highest BCUT2D eigenvalue weighted by Gasteiger charge is 2.31. The molecule has 202 valence electrons. The Hall–Kier alpha value is -4.71. The second-order valence-corrected chi connectivity index (χ2v) is 8.81. The van der Waals surface area contributed by atoms with Crippen LogP contribution in [0.2, 0.25) is 0 Å². The van der Waals surface area contributed by atoms with Crippen molar-refractivity contribution in [3.63, 3.8) is 0 Å². The molecule has 39 heavy (non-hydrogen) atoms. The molecule has 8 nitrogen and oxygen atoms in total. The average Bonchev–Trinajstić information content (AvgIpc) is 2.94. The van der Waals surface area contributed by atoms with Gasteiger partial charge >= 0.3 is 5.97 Å². The zero-order chi connectivity index (χ0) is 27.8. The lowest BCUT2D eigenvalue weighted by Crippen LogP contribution is -2.22. The molecule has 9 heteroatoms. The summed E-state index contributed by atoms with van der Waals surface area (Å²) in [4.78, 5) is 12.3. The van der Waals surface area contributed by atoms with E-state index >= 15 is 0 Å². The molecule has 0 aromatic heterocycles. The number of methoxy groups -OCH3 is 1. The van der Waals surface area contributed by atoms with Crippen molar-refractivity contribution >= 4 is 5.97 Å². The van der Waals surface area contributed by atoms with Crippen LogP contribution in [0.25, 0.3) is 0 Å². The number of hydrogen-bond acceptors (Lipinski definition) is 8. The van der Waals surface area contributed by atoms with E-state index in [1.165, 1.54) is 30.3 Å². The molecule has 0 amide bonds. The van der Waals surface area contributed by atoms with Crippen molar-refractivity contribution in [1.82, 2.24) is 0 Å². The summed E-state index contributed by atoms with van der Waals surface area (Å²) in [6, 6.07) is 17.8. The first-order chi connectivity index (χ1) is 18.9. The zero-order valence-corrected chi connectivity index (χ0v) is 21.7. The number of ether oxygens (including phenoxy) is 5. The predicted octanol–water partition coefficient (Wildman–Crippen LogP) is 5.61. The van der Waals surface area contributed by atoms with E-state index in [-0.39, 0.29) is 23.8 Å². The van der Waals surface area contributed by atoms with E-state index < -0.39 is 17.7 Å². The van der Waals surface area contributed by atoms with Gasteiger partial charge in [-0.15, -0.1) is 0 Å². The van der Waals surface area contributed by atoms with Gasteiger partial charge in [0.2, 0.25) is 5.88 Å². The first kappa shape index (κ1) is 27.3. The van der Waals surface area contributed by atoms with E-state index in [0.29, 0.717) is 35.2 Å². The molecule has 2 N–H and O–H groups in total. The monoisotopic (exact) mass is 532 g/mol. The molecule has 1 atom stereocenters. The Morgan fingerprint density at radius 1 is 1.03 bits per heavy atom. The predicted molar refractivity (Wildman–Crippen MR) is 141 cm³/mol. The molecule has 0 fully saturated rings. The van der Waals surface area contributed by atoms with Gasteiger partial charge in [0.05, 0.1) is 19.6 Å². The van der Waals surface area contributed by atoms with Crippen LogP contribution in [0.4, 0.5) is 4.39 Å². The topological polar surface area (TPSA) is 113 Å². The SMILES string of the molecule is CCCCCOc1ccc(C2C(C#N)=C(N)Oc3cc(OC(=O)COc4ccc(F)cc4)ccc32)cc1OC. The van der Waals surface area contributed by atoms with Crippen molar-refractivity contribution in [3.05, 3.63) is 89.1 Å². The number of allylic oxidation sites excluding steroid dienone is 1. The number of benzene rings is 3. The molecule has 0 radical (unpaired) electrons. The average molecular weight is 533 g/mol. The van der Waals surface area contributed by atoms with Gasteiger partial charge in [0, 0.05) is 11.6 Å². The number of hydrogen-bond donors (Lipinski definition) is 1. The van der Waals surface area contributed by atoms with E-state index in [0.717, 1.165) is 24.8 Å². The summed E-state index contributed by atoms with van der Waals surface area (Å²) in [5.74, 6) is 0.402. The molecule has 0 bridgehead atoms. The lowest BCUT2D eigenvalue weighted by molar-refractivity contribution is -0.136. The number of rotatable bonds is 11. The molecule has 0 aliphatic carbocycles. The number of nitriles is 1. The maximum atomic E-state index is 13.0. The van der Waals surface area contributed by atoms with E-state index in [1.54, 1.807) is 19.2 Å². The fraction of sp³-hybridized carbons (Fsp3) is 0.267. The van der Waals surface area contributed by atoms with Crippen LogP contribution >= 0.6 is 0 Å². The minimum atomic E-state index is -0.660. The number of carbonyl (C=O) groups is 1.